The molecule has 0 bridgehead atoms. The molecule has 3 rings (SSSR count). The number of hydrogen-bond acceptors (Lipinski definition) is 4. The lowest BCUT2D eigenvalue weighted by atomic mass is 9.94. The van der Waals surface area contributed by atoms with Gasteiger partial charge in [-0.3, -0.25) is 0 Å². The molecule has 1 saturated heterocycles. The molecule has 0 spiro atoms. The number of halogens is 1. The zero-order chi connectivity index (χ0) is 19.8. The first-order valence-corrected chi connectivity index (χ1v) is 10.5. The number of aryl methyl sites for hydroxylation is 1. The quantitative estimate of drug-likeness (QED) is 0.298. The number of aliphatic imine (C=N–C) groups is 1. The van der Waals surface area contributed by atoms with Gasteiger partial charge in [0.15, 0.2) is 5.96 Å². The van der Waals surface area contributed by atoms with Crippen molar-refractivity contribution in [3.8, 4) is 5.75 Å². The van der Waals surface area contributed by atoms with Gasteiger partial charge in [0.05, 0.1) is 18.8 Å². The summed E-state index contributed by atoms with van der Waals surface area (Å²) in [6.07, 6.45) is 4.38. The van der Waals surface area contributed by atoms with Crippen LogP contribution in [-0.4, -0.2) is 51.6 Å². The van der Waals surface area contributed by atoms with E-state index in [0.29, 0.717) is 6.54 Å². The van der Waals surface area contributed by atoms with E-state index in [0.717, 1.165) is 68.9 Å². The van der Waals surface area contributed by atoms with Crippen LogP contribution in [-0.2, 0) is 16.0 Å². The molecule has 1 aliphatic carbocycles. The summed E-state index contributed by atoms with van der Waals surface area (Å²) in [5, 5.41) is 6.80. The first-order valence-electron chi connectivity index (χ1n) is 10.5. The van der Waals surface area contributed by atoms with E-state index in [1.807, 2.05) is 0 Å². The summed E-state index contributed by atoms with van der Waals surface area (Å²) in [5.41, 5.74) is 2.15. The van der Waals surface area contributed by atoms with Crippen molar-refractivity contribution in [3.05, 3.63) is 29.3 Å². The molecule has 0 radical (unpaired) electrons. The number of benzene rings is 1. The fourth-order valence-corrected chi connectivity index (χ4v) is 3.37. The number of rotatable bonds is 9. The average Bonchev–Trinajstić information content (AvgIpc) is 3.54. The van der Waals surface area contributed by atoms with Crippen molar-refractivity contribution in [2.75, 3.05) is 40.0 Å². The van der Waals surface area contributed by atoms with Gasteiger partial charge in [-0.2, -0.15) is 0 Å². The third kappa shape index (κ3) is 7.61. The molecule has 2 aliphatic rings. The fraction of sp³-hybridized carbons (Fsp3) is 0.682. The molecule has 2 N–H and O–H groups in total. The third-order valence-corrected chi connectivity index (χ3v) is 5.56. The van der Waals surface area contributed by atoms with E-state index in [1.165, 1.54) is 18.4 Å². The molecule has 0 aromatic heterocycles. The molecular weight excluding hydrogens is 481 g/mol. The summed E-state index contributed by atoms with van der Waals surface area (Å²) in [6.45, 7) is 8.60. The summed E-state index contributed by atoms with van der Waals surface area (Å²) in [4.78, 5) is 4.79. The van der Waals surface area contributed by atoms with Gasteiger partial charge in [-0.25, -0.2) is 4.99 Å². The fourth-order valence-electron chi connectivity index (χ4n) is 3.37. The molecule has 1 heterocycles. The monoisotopic (exact) mass is 517 g/mol. The maximum absolute atomic E-state index is 6.08. The highest BCUT2D eigenvalue weighted by molar-refractivity contribution is 14.0. The van der Waals surface area contributed by atoms with Crippen molar-refractivity contribution in [2.24, 2.45) is 10.9 Å². The smallest absolute Gasteiger partial charge is 0.191 e. The highest BCUT2D eigenvalue weighted by Gasteiger charge is 2.32. The number of ether oxygens (including phenoxy) is 3. The first-order chi connectivity index (χ1) is 13.6. The van der Waals surface area contributed by atoms with Gasteiger partial charge in [0.25, 0.3) is 0 Å². The Hall–Kier alpha value is -1.06. The Labute approximate surface area is 192 Å². The van der Waals surface area contributed by atoms with E-state index in [9.17, 15) is 0 Å². The average molecular weight is 517 g/mol. The van der Waals surface area contributed by atoms with Gasteiger partial charge in [0, 0.05) is 51.8 Å². The van der Waals surface area contributed by atoms with E-state index in [-0.39, 0.29) is 29.6 Å². The van der Waals surface area contributed by atoms with Gasteiger partial charge in [-0.1, -0.05) is 12.1 Å². The Bertz CT molecular complexity index is 659. The molecule has 6 nitrogen and oxygen atoms in total. The van der Waals surface area contributed by atoms with Crippen LogP contribution < -0.4 is 15.4 Å². The summed E-state index contributed by atoms with van der Waals surface area (Å²) in [5.74, 6) is 2.50. The molecule has 2 fully saturated rings. The van der Waals surface area contributed by atoms with Gasteiger partial charge in [-0.15, -0.1) is 24.0 Å². The van der Waals surface area contributed by atoms with E-state index in [4.69, 9.17) is 19.2 Å². The molecule has 1 aromatic carbocycles. The summed E-state index contributed by atoms with van der Waals surface area (Å²) in [6, 6.07) is 6.37. The maximum Gasteiger partial charge on any atom is 0.191 e. The number of nitrogens with one attached hydrogen (secondary N) is 2. The summed E-state index contributed by atoms with van der Waals surface area (Å²) >= 11 is 0. The lowest BCUT2D eigenvalue weighted by Crippen LogP contribution is -2.50. The molecular formula is C22H36IN3O3. The summed E-state index contributed by atoms with van der Waals surface area (Å²) < 4.78 is 17.4. The number of guanidine groups is 1. The first kappa shape index (κ1) is 24.2. The highest BCUT2D eigenvalue weighted by Crippen LogP contribution is 2.31. The second-order valence-corrected chi connectivity index (χ2v) is 7.91. The van der Waals surface area contributed by atoms with Crippen molar-refractivity contribution in [2.45, 2.75) is 51.7 Å². The SMILES string of the molecule is CCNC(=NCc1ccc(C)cc1OCC1CC1)NCC1(OC)CCOCC1.I. The second kappa shape index (κ2) is 12.0. The number of nitrogens with zero attached hydrogens (tertiary/aromatic N) is 1. The van der Waals surface area contributed by atoms with Gasteiger partial charge in [0.2, 0.25) is 0 Å². The van der Waals surface area contributed by atoms with Gasteiger partial charge in [-0.05, 0) is 44.2 Å². The van der Waals surface area contributed by atoms with Crippen molar-refractivity contribution in [1.29, 1.82) is 0 Å². The van der Waals surface area contributed by atoms with Crippen LogP contribution in [0.15, 0.2) is 23.2 Å². The zero-order valence-corrected chi connectivity index (χ0v) is 20.3. The van der Waals surface area contributed by atoms with Crippen LogP contribution in [0.2, 0.25) is 0 Å². The van der Waals surface area contributed by atoms with E-state index < -0.39 is 0 Å². The standard InChI is InChI=1S/C22H35N3O3.HI/c1-4-23-21(25-16-22(26-3)9-11-27-12-10-22)24-14-19-8-5-17(2)13-20(19)28-15-18-6-7-18;/h5,8,13,18H,4,6-7,9-12,14-16H2,1-3H3,(H2,23,24,25);1H. The highest BCUT2D eigenvalue weighted by atomic mass is 127. The molecule has 7 heteroatoms. The normalized spacial score (nSPS) is 18.7. The molecule has 1 aromatic rings. The van der Waals surface area contributed by atoms with E-state index in [1.54, 1.807) is 7.11 Å². The van der Waals surface area contributed by atoms with Gasteiger partial charge < -0.3 is 24.8 Å². The van der Waals surface area contributed by atoms with Crippen LogP contribution >= 0.6 is 24.0 Å². The van der Waals surface area contributed by atoms with Crippen LogP contribution in [0.3, 0.4) is 0 Å². The van der Waals surface area contributed by atoms with Crippen LogP contribution in [0.1, 0.15) is 43.7 Å². The summed E-state index contributed by atoms with van der Waals surface area (Å²) in [7, 11) is 1.78. The largest absolute Gasteiger partial charge is 0.493 e. The molecule has 29 heavy (non-hydrogen) atoms. The Morgan fingerprint density at radius 2 is 2.00 bits per heavy atom. The minimum absolute atomic E-state index is 0. The van der Waals surface area contributed by atoms with Crippen LogP contribution in [0, 0.1) is 12.8 Å². The minimum atomic E-state index is -0.184. The molecule has 0 atom stereocenters. The molecule has 164 valence electrons. The topological polar surface area (TPSA) is 64.1 Å². The second-order valence-electron chi connectivity index (χ2n) is 7.91. The van der Waals surface area contributed by atoms with Crippen molar-refractivity contribution >= 4 is 29.9 Å². The minimum Gasteiger partial charge on any atom is -0.493 e. The zero-order valence-electron chi connectivity index (χ0n) is 18.0. The molecule has 0 unspecified atom stereocenters. The molecule has 1 saturated carbocycles. The van der Waals surface area contributed by atoms with Crippen molar-refractivity contribution in [3.63, 3.8) is 0 Å². The van der Waals surface area contributed by atoms with Gasteiger partial charge in [0.1, 0.15) is 5.75 Å². The van der Waals surface area contributed by atoms with E-state index >= 15 is 0 Å². The molecule has 0 amide bonds. The Morgan fingerprint density at radius 1 is 1.24 bits per heavy atom. The maximum atomic E-state index is 6.08. The Balaban J connectivity index is 0.00000300. The predicted molar refractivity (Wildman–Crippen MR) is 127 cm³/mol. The lowest BCUT2D eigenvalue weighted by molar-refractivity contribution is -0.0855. The van der Waals surface area contributed by atoms with Crippen LogP contribution in [0.5, 0.6) is 5.75 Å². The molecule has 1 aliphatic heterocycles. The van der Waals surface area contributed by atoms with Crippen LogP contribution in [0.4, 0.5) is 0 Å². The van der Waals surface area contributed by atoms with E-state index in [2.05, 4.69) is 42.7 Å². The Kier molecular flexibility index (Phi) is 9.98. The number of hydrogen-bond donors (Lipinski definition) is 2. The number of methoxy groups -OCH3 is 1. The lowest BCUT2D eigenvalue weighted by Gasteiger charge is -2.36. The van der Waals surface area contributed by atoms with Crippen molar-refractivity contribution in [1.82, 2.24) is 10.6 Å². The van der Waals surface area contributed by atoms with Crippen molar-refractivity contribution < 1.29 is 14.2 Å². The Morgan fingerprint density at radius 3 is 2.66 bits per heavy atom. The van der Waals surface area contributed by atoms with Gasteiger partial charge >= 0.3 is 0 Å². The predicted octanol–water partition coefficient (Wildman–Crippen LogP) is 3.65. The third-order valence-electron chi connectivity index (χ3n) is 5.56. The van der Waals surface area contributed by atoms with Crippen LogP contribution in [0.25, 0.3) is 0 Å².